The van der Waals surface area contributed by atoms with E-state index in [2.05, 4.69) is 0 Å². The number of anilines is 1. The molecule has 0 aliphatic carbocycles. The number of sulfonamides is 1. The number of hydrogen-bond acceptors (Lipinski definition) is 4. The van der Waals surface area contributed by atoms with Crippen molar-refractivity contribution in [2.24, 2.45) is 5.14 Å². The monoisotopic (exact) mass is 264 g/mol. The Kier molecular flexibility index (Phi) is 3.22. The molecule has 0 bridgehead atoms. The van der Waals surface area contributed by atoms with Crippen molar-refractivity contribution in [3.05, 3.63) is 48.5 Å². The summed E-state index contributed by atoms with van der Waals surface area (Å²) in [4.78, 5) is -0.0757. The fourth-order valence-electron chi connectivity index (χ4n) is 1.46. The molecule has 0 fully saturated rings. The third-order valence-corrected chi connectivity index (χ3v) is 3.24. The topological polar surface area (TPSA) is 95.4 Å². The lowest BCUT2D eigenvalue weighted by molar-refractivity contribution is 0.470. The maximum absolute atomic E-state index is 11.4. The van der Waals surface area contributed by atoms with Gasteiger partial charge in [0.25, 0.3) is 0 Å². The van der Waals surface area contributed by atoms with Crippen molar-refractivity contribution in [3.8, 4) is 11.5 Å². The molecule has 2 aromatic carbocycles. The zero-order chi connectivity index (χ0) is 13.2. The number of nitrogen functional groups attached to an aromatic ring is 1. The predicted octanol–water partition coefficient (Wildman–Crippen LogP) is 1.71. The van der Waals surface area contributed by atoms with Gasteiger partial charge in [-0.15, -0.1) is 0 Å². The highest BCUT2D eigenvalue weighted by molar-refractivity contribution is 7.89. The van der Waals surface area contributed by atoms with Gasteiger partial charge in [0.2, 0.25) is 10.0 Å². The zero-order valence-electron chi connectivity index (χ0n) is 9.41. The summed E-state index contributed by atoms with van der Waals surface area (Å²) in [6, 6.07) is 12.9. The van der Waals surface area contributed by atoms with E-state index in [1.165, 1.54) is 12.1 Å². The Morgan fingerprint density at radius 3 is 2.06 bits per heavy atom. The van der Waals surface area contributed by atoms with Crippen LogP contribution in [0.25, 0.3) is 0 Å². The maximum Gasteiger partial charge on any atom is 0.241 e. The molecule has 0 heterocycles. The molecule has 0 radical (unpaired) electrons. The smallest absolute Gasteiger partial charge is 0.241 e. The summed E-state index contributed by atoms with van der Waals surface area (Å²) < 4.78 is 28.3. The molecule has 2 rings (SSSR count). The van der Waals surface area contributed by atoms with Gasteiger partial charge in [-0.25, -0.2) is 13.6 Å². The van der Waals surface area contributed by atoms with E-state index in [9.17, 15) is 8.42 Å². The number of para-hydroxylation sites is 3. The van der Waals surface area contributed by atoms with E-state index in [0.717, 1.165) is 0 Å². The highest BCUT2D eigenvalue weighted by atomic mass is 32.2. The second kappa shape index (κ2) is 4.67. The normalized spacial score (nSPS) is 11.2. The lowest BCUT2D eigenvalue weighted by atomic mass is 10.3. The molecular formula is C12H12N2O3S. The molecule has 0 atom stereocenters. The summed E-state index contributed by atoms with van der Waals surface area (Å²) in [5.41, 5.74) is 6.14. The van der Waals surface area contributed by atoms with Crippen LogP contribution in [0.15, 0.2) is 53.4 Å². The Morgan fingerprint density at radius 1 is 0.889 bits per heavy atom. The molecule has 0 amide bonds. The molecule has 0 saturated carbocycles. The molecule has 0 saturated heterocycles. The summed E-state index contributed by atoms with van der Waals surface area (Å²) in [6.45, 7) is 0. The number of ether oxygens (including phenoxy) is 1. The minimum Gasteiger partial charge on any atom is -0.454 e. The molecule has 0 unspecified atom stereocenters. The first-order valence-electron chi connectivity index (χ1n) is 5.12. The summed E-state index contributed by atoms with van der Waals surface area (Å²) in [5, 5.41) is 5.11. The van der Waals surface area contributed by atoms with E-state index in [-0.39, 0.29) is 10.6 Å². The van der Waals surface area contributed by atoms with E-state index in [1.54, 1.807) is 36.4 Å². The summed E-state index contributed by atoms with van der Waals surface area (Å²) >= 11 is 0. The van der Waals surface area contributed by atoms with Gasteiger partial charge < -0.3 is 10.5 Å². The summed E-state index contributed by atoms with van der Waals surface area (Å²) in [6.07, 6.45) is 0. The van der Waals surface area contributed by atoms with Crippen molar-refractivity contribution in [2.75, 3.05) is 5.73 Å². The standard InChI is InChI=1S/C12H12N2O3S/c13-9-5-1-2-6-10(9)17-11-7-3-4-8-12(11)18(14,15)16/h1-8H,13H2,(H2,14,15,16). The maximum atomic E-state index is 11.4. The molecule has 18 heavy (non-hydrogen) atoms. The van der Waals surface area contributed by atoms with E-state index in [4.69, 9.17) is 15.6 Å². The molecule has 94 valence electrons. The van der Waals surface area contributed by atoms with E-state index in [0.29, 0.717) is 11.4 Å². The fourth-order valence-corrected chi connectivity index (χ4v) is 2.12. The van der Waals surface area contributed by atoms with Gasteiger partial charge >= 0.3 is 0 Å². The van der Waals surface area contributed by atoms with Crippen molar-refractivity contribution < 1.29 is 13.2 Å². The van der Waals surface area contributed by atoms with E-state index in [1.807, 2.05) is 0 Å². The minimum absolute atomic E-state index is 0.0757. The first-order valence-corrected chi connectivity index (χ1v) is 6.67. The average molecular weight is 264 g/mol. The first-order chi connectivity index (χ1) is 8.48. The van der Waals surface area contributed by atoms with Crippen LogP contribution in [-0.2, 0) is 10.0 Å². The first kappa shape index (κ1) is 12.4. The van der Waals surface area contributed by atoms with Crippen molar-refractivity contribution in [3.63, 3.8) is 0 Å². The number of hydrogen-bond donors (Lipinski definition) is 2. The van der Waals surface area contributed by atoms with Crippen molar-refractivity contribution in [1.29, 1.82) is 0 Å². The molecule has 0 aliphatic rings. The lowest BCUT2D eigenvalue weighted by Gasteiger charge is -2.11. The number of rotatable bonds is 3. The number of benzene rings is 2. The van der Waals surface area contributed by atoms with Crippen LogP contribution in [0.1, 0.15) is 0 Å². The average Bonchev–Trinajstić information content (AvgIpc) is 2.31. The summed E-state index contributed by atoms with van der Waals surface area (Å²) in [7, 11) is -3.83. The van der Waals surface area contributed by atoms with Crippen LogP contribution in [-0.4, -0.2) is 8.42 Å². The van der Waals surface area contributed by atoms with Gasteiger partial charge in [-0.05, 0) is 24.3 Å². The SMILES string of the molecule is Nc1ccccc1Oc1ccccc1S(N)(=O)=O. The Morgan fingerprint density at radius 2 is 1.44 bits per heavy atom. The minimum atomic E-state index is -3.83. The van der Waals surface area contributed by atoms with Crippen LogP contribution in [0.3, 0.4) is 0 Å². The fraction of sp³-hybridized carbons (Fsp3) is 0. The Labute approximate surface area is 105 Å². The van der Waals surface area contributed by atoms with E-state index < -0.39 is 10.0 Å². The van der Waals surface area contributed by atoms with Gasteiger partial charge in [-0.2, -0.15) is 0 Å². The molecule has 0 aromatic heterocycles. The van der Waals surface area contributed by atoms with Gasteiger partial charge in [0.1, 0.15) is 16.4 Å². The van der Waals surface area contributed by atoms with Crippen molar-refractivity contribution in [2.45, 2.75) is 4.90 Å². The molecule has 0 aliphatic heterocycles. The highest BCUT2D eigenvalue weighted by Gasteiger charge is 2.15. The Bertz CT molecular complexity index is 669. The van der Waals surface area contributed by atoms with Crippen LogP contribution in [0, 0.1) is 0 Å². The highest BCUT2D eigenvalue weighted by Crippen LogP contribution is 2.30. The van der Waals surface area contributed by atoms with Crippen LogP contribution in [0.4, 0.5) is 5.69 Å². The quantitative estimate of drug-likeness (QED) is 0.825. The van der Waals surface area contributed by atoms with Crippen LogP contribution in [0.2, 0.25) is 0 Å². The van der Waals surface area contributed by atoms with Crippen molar-refractivity contribution >= 4 is 15.7 Å². The second-order valence-electron chi connectivity index (χ2n) is 3.63. The number of primary sulfonamides is 1. The lowest BCUT2D eigenvalue weighted by Crippen LogP contribution is -2.13. The molecule has 0 spiro atoms. The zero-order valence-corrected chi connectivity index (χ0v) is 10.2. The molecular weight excluding hydrogens is 252 g/mol. The Balaban J connectivity index is 2.45. The van der Waals surface area contributed by atoms with Gasteiger partial charge in [-0.1, -0.05) is 24.3 Å². The third-order valence-electron chi connectivity index (χ3n) is 2.29. The van der Waals surface area contributed by atoms with Crippen LogP contribution < -0.4 is 15.6 Å². The van der Waals surface area contributed by atoms with E-state index >= 15 is 0 Å². The van der Waals surface area contributed by atoms with Gasteiger partial charge in [0, 0.05) is 0 Å². The second-order valence-corrected chi connectivity index (χ2v) is 5.16. The summed E-state index contributed by atoms with van der Waals surface area (Å²) in [5.74, 6) is 0.534. The number of nitrogens with two attached hydrogens (primary N) is 2. The largest absolute Gasteiger partial charge is 0.454 e. The predicted molar refractivity (Wildman–Crippen MR) is 68.7 cm³/mol. The molecule has 4 N–H and O–H groups in total. The van der Waals surface area contributed by atoms with Gasteiger partial charge in [0.15, 0.2) is 0 Å². The molecule has 2 aromatic rings. The van der Waals surface area contributed by atoms with Gasteiger partial charge in [-0.3, -0.25) is 0 Å². The third kappa shape index (κ3) is 2.61. The molecule has 6 heteroatoms. The molecule has 5 nitrogen and oxygen atoms in total. The van der Waals surface area contributed by atoms with Crippen LogP contribution >= 0.6 is 0 Å². The van der Waals surface area contributed by atoms with Gasteiger partial charge in [0.05, 0.1) is 5.69 Å². The van der Waals surface area contributed by atoms with Crippen molar-refractivity contribution in [1.82, 2.24) is 0 Å². The van der Waals surface area contributed by atoms with Crippen LogP contribution in [0.5, 0.6) is 11.5 Å². The Hall–Kier alpha value is -2.05.